The summed E-state index contributed by atoms with van der Waals surface area (Å²) >= 11 is 14.9. The number of anilines is 1. The summed E-state index contributed by atoms with van der Waals surface area (Å²) < 4.78 is 4.98. The maximum Gasteiger partial charge on any atom is 0.338 e. The summed E-state index contributed by atoms with van der Waals surface area (Å²) in [5.74, 6) is -4.06. The predicted molar refractivity (Wildman–Crippen MR) is 145 cm³/mol. The van der Waals surface area contributed by atoms with Crippen LogP contribution in [0, 0.1) is 11.8 Å². The van der Waals surface area contributed by atoms with E-state index in [2.05, 4.69) is 5.32 Å². The molecule has 7 nitrogen and oxygen atoms in total. The molecule has 198 valence electrons. The lowest BCUT2D eigenvalue weighted by Crippen LogP contribution is -2.57. The summed E-state index contributed by atoms with van der Waals surface area (Å²) in [6, 6.07) is 19.8. The SMILES string of the molecule is CCOC(=O)c1ccc(NC(=O)[C@@H](C)N2C(=O)[C@@H]3[C@H](C2=O)C2(Cl)c4ccccc4C3(Cl)c3ccccc32)cc1. The number of nitrogens with zero attached hydrogens (tertiary/aromatic N) is 1. The minimum absolute atomic E-state index is 0.248. The van der Waals surface area contributed by atoms with Crippen molar-refractivity contribution in [3.63, 3.8) is 0 Å². The highest BCUT2D eigenvalue weighted by molar-refractivity contribution is 6.36. The number of hydrogen-bond donors (Lipinski definition) is 1. The van der Waals surface area contributed by atoms with Crippen LogP contribution in [0.1, 0.15) is 46.5 Å². The van der Waals surface area contributed by atoms with Crippen LogP contribution in [-0.2, 0) is 28.9 Å². The van der Waals surface area contributed by atoms with E-state index in [-0.39, 0.29) is 6.61 Å². The molecule has 3 aromatic carbocycles. The number of esters is 1. The molecule has 3 amide bonds. The summed E-state index contributed by atoms with van der Waals surface area (Å²) in [5.41, 5.74) is 3.53. The molecule has 1 fully saturated rings. The number of carbonyl (C=O) groups excluding carboxylic acids is 4. The van der Waals surface area contributed by atoms with Crippen molar-refractivity contribution < 1.29 is 23.9 Å². The molecule has 0 radical (unpaired) electrons. The summed E-state index contributed by atoms with van der Waals surface area (Å²) in [7, 11) is 0. The highest BCUT2D eigenvalue weighted by Crippen LogP contribution is 2.69. The number of rotatable bonds is 5. The van der Waals surface area contributed by atoms with Gasteiger partial charge in [0.25, 0.3) is 0 Å². The summed E-state index contributed by atoms with van der Waals surface area (Å²) in [6.07, 6.45) is 0. The number of nitrogens with one attached hydrogen (secondary N) is 1. The van der Waals surface area contributed by atoms with Crippen molar-refractivity contribution in [1.82, 2.24) is 4.90 Å². The Morgan fingerprint density at radius 2 is 1.28 bits per heavy atom. The molecule has 0 spiro atoms. The van der Waals surface area contributed by atoms with Crippen molar-refractivity contribution in [2.45, 2.75) is 29.6 Å². The van der Waals surface area contributed by atoms with E-state index in [1.54, 1.807) is 19.1 Å². The molecule has 7 rings (SSSR count). The first kappa shape index (κ1) is 25.6. The summed E-state index contributed by atoms with van der Waals surface area (Å²) in [4.78, 5) is 51.6. The lowest BCUT2D eigenvalue weighted by atomic mass is 9.54. The maximum atomic E-state index is 14.0. The zero-order valence-electron chi connectivity index (χ0n) is 21.1. The summed E-state index contributed by atoms with van der Waals surface area (Å²) in [5, 5.41) is 2.73. The Bertz CT molecular complexity index is 1430. The van der Waals surface area contributed by atoms with E-state index >= 15 is 0 Å². The van der Waals surface area contributed by atoms with E-state index in [0.717, 1.165) is 4.90 Å². The highest BCUT2D eigenvalue weighted by atomic mass is 35.5. The zero-order valence-corrected chi connectivity index (χ0v) is 22.6. The first-order chi connectivity index (χ1) is 18.6. The van der Waals surface area contributed by atoms with Gasteiger partial charge in [-0.15, -0.1) is 23.2 Å². The van der Waals surface area contributed by atoms with Gasteiger partial charge in [0.2, 0.25) is 17.7 Å². The number of alkyl halides is 2. The number of hydrogen-bond acceptors (Lipinski definition) is 5. The summed E-state index contributed by atoms with van der Waals surface area (Å²) in [6.45, 7) is 3.46. The third kappa shape index (κ3) is 3.36. The number of likely N-dealkylation sites (tertiary alicyclic amines) is 1. The highest BCUT2D eigenvalue weighted by Gasteiger charge is 2.73. The third-order valence-electron chi connectivity index (χ3n) is 8.05. The normalized spacial score (nSPS) is 26.9. The van der Waals surface area contributed by atoms with Crippen molar-refractivity contribution in [2.24, 2.45) is 11.8 Å². The first-order valence-corrected chi connectivity index (χ1v) is 13.4. The number of amides is 3. The molecule has 1 N–H and O–H groups in total. The smallest absolute Gasteiger partial charge is 0.338 e. The van der Waals surface area contributed by atoms with E-state index in [0.29, 0.717) is 33.5 Å². The van der Waals surface area contributed by atoms with Crippen LogP contribution >= 0.6 is 23.2 Å². The molecule has 4 aliphatic rings. The fraction of sp³-hybridized carbons (Fsp3) is 0.267. The molecule has 0 saturated carbocycles. The number of benzene rings is 3. The van der Waals surface area contributed by atoms with Crippen LogP contribution in [0.3, 0.4) is 0 Å². The first-order valence-electron chi connectivity index (χ1n) is 12.7. The molecular weight excluding hydrogens is 539 g/mol. The van der Waals surface area contributed by atoms with Gasteiger partial charge in [-0.3, -0.25) is 19.3 Å². The van der Waals surface area contributed by atoms with Crippen LogP contribution in [-0.4, -0.2) is 41.2 Å². The van der Waals surface area contributed by atoms with Crippen LogP contribution in [0.4, 0.5) is 5.69 Å². The van der Waals surface area contributed by atoms with Crippen LogP contribution in [0.25, 0.3) is 0 Å². The molecule has 3 aliphatic carbocycles. The van der Waals surface area contributed by atoms with Gasteiger partial charge in [-0.2, -0.15) is 0 Å². The van der Waals surface area contributed by atoms with E-state index in [1.165, 1.54) is 19.1 Å². The average Bonchev–Trinajstić information content (AvgIpc) is 3.22. The van der Waals surface area contributed by atoms with Crippen LogP contribution in [0.2, 0.25) is 0 Å². The van der Waals surface area contributed by atoms with Crippen LogP contribution in [0.15, 0.2) is 72.8 Å². The molecule has 0 unspecified atom stereocenters. The molecule has 39 heavy (non-hydrogen) atoms. The van der Waals surface area contributed by atoms with Crippen molar-refractivity contribution in [3.05, 3.63) is 101 Å². The van der Waals surface area contributed by atoms with Crippen molar-refractivity contribution in [2.75, 3.05) is 11.9 Å². The zero-order chi connectivity index (χ0) is 27.7. The maximum absolute atomic E-state index is 14.0. The number of carbonyl (C=O) groups is 4. The third-order valence-corrected chi connectivity index (χ3v) is 9.33. The number of halogens is 2. The van der Waals surface area contributed by atoms with Crippen molar-refractivity contribution in [1.29, 1.82) is 0 Å². The standard InChI is InChI=1S/C30H24Cl2N2O5/c1-3-39-28(38)17-12-14-18(15-13-17)33-25(35)16(2)34-26(36)23-24(27(34)37)30(32)20-9-5-4-8-19(20)29(23,31)21-10-6-7-11-22(21)30/h4-16,23-24H,3H2,1-2H3,(H,33,35)/t16-,23-,24+,29?,30?/m1/s1. The number of ether oxygens (including phenoxy) is 1. The molecule has 3 aromatic rings. The Kier molecular flexibility index (Phi) is 5.86. The van der Waals surface area contributed by atoms with E-state index in [9.17, 15) is 19.2 Å². The van der Waals surface area contributed by atoms with Gasteiger partial charge < -0.3 is 10.1 Å². The van der Waals surface area contributed by atoms with Gasteiger partial charge in [-0.05, 0) is 60.4 Å². The molecule has 1 aliphatic heterocycles. The Morgan fingerprint density at radius 3 is 1.69 bits per heavy atom. The molecule has 3 atom stereocenters. The second-order valence-electron chi connectivity index (χ2n) is 9.98. The van der Waals surface area contributed by atoms with Crippen molar-refractivity contribution in [3.8, 4) is 0 Å². The number of imide groups is 1. The van der Waals surface area contributed by atoms with Gasteiger partial charge in [-0.1, -0.05) is 48.5 Å². The molecule has 0 aromatic heterocycles. The topological polar surface area (TPSA) is 92.8 Å². The largest absolute Gasteiger partial charge is 0.462 e. The van der Waals surface area contributed by atoms with E-state index in [4.69, 9.17) is 27.9 Å². The minimum atomic E-state index is -1.31. The Balaban J connectivity index is 1.34. The average molecular weight is 563 g/mol. The molecular formula is C30H24Cl2N2O5. The van der Waals surface area contributed by atoms with E-state index < -0.39 is 51.3 Å². The fourth-order valence-corrected chi connectivity index (χ4v) is 7.44. The van der Waals surface area contributed by atoms with Gasteiger partial charge in [0.1, 0.15) is 15.8 Å². The quantitative estimate of drug-likeness (QED) is 0.274. The Labute approximate surface area is 235 Å². The second kappa shape index (κ2) is 8.93. The van der Waals surface area contributed by atoms with Gasteiger partial charge in [-0.25, -0.2) is 4.79 Å². The lowest BCUT2D eigenvalue weighted by molar-refractivity contribution is -0.146. The molecule has 1 saturated heterocycles. The molecule has 9 heteroatoms. The van der Waals surface area contributed by atoms with E-state index in [1.807, 2.05) is 48.5 Å². The lowest BCUT2D eigenvalue weighted by Gasteiger charge is -2.54. The Hall–Kier alpha value is -3.68. The predicted octanol–water partition coefficient (Wildman–Crippen LogP) is 4.78. The Morgan fingerprint density at radius 1 is 0.846 bits per heavy atom. The van der Waals surface area contributed by atoms with Crippen molar-refractivity contribution >= 4 is 52.6 Å². The van der Waals surface area contributed by atoms with Crippen LogP contribution < -0.4 is 5.32 Å². The second-order valence-corrected chi connectivity index (χ2v) is 11.2. The molecule has 1 heterocycles. The fourth-order valence-electron chi connectivity index (χ4n) is 6.34. The van der Waals surface area contributed by atoms with Gasteiger partial charge in [0.15, 0.2) is 0 Å². The minimum Gasteiger partial charge on any atom is -0.462 e. The monoisotopic (exact) mass is 562 g/mol. The van der Waals surface area contributed by atoms with Gasteiger partial charge >= 0.3 is 5.97 Å². The van der Waals surface area contributed by atoms with Gasteiger partial charge in [0, 0.05) is 5.69 Å². The molecule has 2 bridgehead atoms. The van der Waals surface area contributed by atoms with Crippen LogP contribution in [0.5, 0.6) is 0 Å². The van der Waals surface area contributed by atoms with Gasteiger partial charge in [0.05, 0.1) is 24.0 Å².